The number of rotatable bonds is 3. The van der Waals surface area contributed by atoms with E-state index in [1.54, 1.807) is 17.0 Å². The number of nitrogens with zero attached hydrogens (tertiary/aromatic N) is 2. The van der Waals surface area contributed by atoms with Crippen LogP contribution in [0.5, 0.6) is 0 Å². The molecule has 5 nitrogen and oxygen atoms in total. The van der Waals surface area contributed by atoms with Crippen molar-refractivity contribution < 1.29 is 9.59 Å². The fourth-order valence-electron chi connectivity index (χ4n) is 3.60. The van der Waals surface area contributed by atoms with Gasteiger partial charge in [-0.25, -0.2) is 4.98 Å². The first-order valence-electron chi connectivity index (χ1n) is 9.19. The van der Waals surface area contributed by atoms with E-state index in [1.807, 2.05) is 36.4 Å². The Kier molecular flexibility index (Phi) is 4.06. The standard InChI is InChI=1S/C22H17N3O2S/c26-19-6-3-13-25(19)16-10-7-15(8-11-16)21(27)24-22-23-20-17-5-2-1-4-14(17)9-12-18(20)28-22/h1-2,4-5,7-12H,3,6,13H2,(H,23,24,27). The molecule has 1 saturated heterocycles. The molecule has 0 bridgehead atoms. The quantitative estimate of drug-likeness (QED) is 0.548. The lowest BCUT2D eigenvalue weighted by molar-refractivity contribution is -0.117. The van der Waals surface area contributed by atoms with Gasteiger partial charge in [0, 0.05) is 29.6 Å². The summed E-state index contributed by atoms with van der Waals surface area (Å²) in [6.07, 6.45) is 1.47. The number of carbonyl (C=O) groups excluding carboxylic acids is 2. The molecular weight excluding hydrogens is 370 g/mol. The number of benzene rings is 3. The summed E-state index contributed by atoms with van der Waals surface area (Å²) in [6.45, 7) is 0.740. The average Bonchev–Trinajstić information content (AvgIpc) is 3.34. The molecule has 5 rings (SSSR count). The lowest BCUT2D eigenvalue weighted by Gasteiger charge is -2.15. The second-order valence-corrected chi connectivity index (χ2v) is 7.83. The van der Waals surface area contributed by atoms with Crippen LogP contribution in [0.25, 0.3) is 21.0 Å². The SMILES string of the molecule is O=C(Nc1nc2c(ccc3ccccc32)s1)c1ccc(N2CCCC2=O)cc1. The van der Waals surface area contributed by atoms with Crippen molar-refractivity contribution in [2.45, 2.75) is 12.8 Å². The molecule has 0 atom stereocenters. The maximum absolute atomic E-state index is 12.6. The van der Waals surface area contributed by atoms with Crippen molar-refractivity contribution in [3.63, 3.8) is 0 Å². The minimum absolute atomic E-state index is 0.138. The van der Waals surface area contributed by atoms with Gasteiger partial charge in [-0.3, -0.25) is 14.9 Å². The molecule has 0 saturated carbocycles. The first-order chi connectivity index (χ1) is 13.7. The van der Waals surface area contributed by atoms with Gasteiger partial charge in [-0.2, -0.15) is 0 Å². The molecular formula is C22H17N3O2S. The first-order valence-corrected chi connectivity index (χ1v) is 10.0. The third kappa shape index (κ3) is 2.92. The van der Waals surface area contributed by atoms with Crippen LogP contribution < -0.4 is 10.2 Å². The third-order valence-electron chi connectivity index (χ3n) is 5.02. The number of hydrogen-bond donors (Lipinski definition) is 1. The van der Waals surface area contributed by atoms with Crippen LogP contribution in [0.15, 0.2) is 60.7 Å². The Labute approximate surface area is 165 Å². The molecule has 28 heavy (non-hydrogen) atoms. The second kappa shape index (κ2) is 6.73. The molecule has 2 amide bonds. The Bertz CT molecular complexity index is 1210. The fraction of sp³-hybridized carbons (Fsp3) is 0.136. The number of carbonyl (C=O) groups is 2. The van der Waals surface area contributed by atoms with Crippen molar-refractivity contribution in [2.24, 2.45) is 0 Å². The van der Waals surface area contributed by atoms with E-state index in [9.17, 15) is 9.59 Å². The predicted octanol–water partition coefficient (Wildman–Crippen LogP) is 4.83. The molecule has 3 aromatic carbocycles. The Morgan fingerprint density at radius 2 is 1.86 bits per heavy atom. The van der Waals surface area contributed by atoms with Crippen LogP contribution >= 0.6 is 11.3 Å². The van der Waals surface area contributed by atoms with Gasteiger partial charge in [0.15, 0.2) is 5.13 Å². The number of fused-ring (bicyclic) bond motifs is 3. The molecule has 0 unspecified atom stereocenters. The van der Waals surface area contributed by atoms with E-state index in [1.165, 1.54) is 11.3 Å². The van der Waals surface area contributed by atoms with Crippen LogP contribution in [0, 0.1) is 0 Å². The van der Waals surface area contributed by atoms with E-state index < -0.39 is 0 Å². The summed E-state index contributed by atoms with van der Waals surface area (Å²) in [4.78, 5) is 30.9. The monoisotopic (exact) mass is 387 g/mol. The normalized spacial score (nSPS) is 14.1. The minimum atomic E-state index is -0.206. The Hall–Kier alpha value is -3.25. The number of hydrogen-bond acceptors (Lipinski definition) is 4. The second-order valence-electron chi connectivity index (χ2n) is 6.80. The van der Waals surface area contributed by atoms with Crippen LogP contribution in [0.2, 0.25) is 0 Å². The zero-order valence-electron chi connectivity index (χ0n) is 15.0. The van der Waals surface area contributed by atoms with E-state index in [4.69, 9.17) is 0 Å². The van der Waals surface area contributed by atoms with E-state index in [0.29, 0.717) is 17.1 Å². The summed E-state index contributed by atoms with van der Waals surface area (Å²) in [5, 5.41) is 5.69. The van der Waals surface area contributed by atoms with Crippen LogP contribution in [-0.2, 0) is 4.79 Å². The number of nitrogens with one attached hydrogen (secondary N) is 1. The van der Waals surface area contributed by atoms with Crippen LogP contribution in [0.3, 0.4) is 0 Å². The van der Waals surface area contributed by atoms with E-state index >= 15 is 0 Å². The average molecular weight is 387 g/mol. The Morgan fingerprint density at radius 3 is 2.64 bits per heavy atom. The van der Waals surface area contributed by atoms with E-state index in [2.05, 4.69) is 22.4 Å². The number of aromatic nitrogens is 1. The summed E-state index contributed by atoms with van der Waals surface area (Å²) in [7, 11) is 0. The zero-order chi connectivity index (χ0) is 19.1. The maximum atomic E-state index is 12.6. The van der Waals surface area contributed by atoms with Gasteiger partial charge in [-0.05, 0) is 42.1 Å². The smallest absolute Gasteiger partial charge is 0.257 e. The maximum Gasteiger partial charge on any atom is 0.257 e. The lowest BCUT2D eigenvalue weighted by atomic mass is 10.1. The molecule has 0 radical (unpaired) electrons. The van der Waals surface area contributed by atoms with Gasteiger partial charge in [0.2, 0.25) is 5.91 Å². The van der Waals surface area contributed by atoms with Crippen LogP contribution in [0.4, 0.5) is 10.8 Å². The van der Waals surface area contributed by atoms with Crippen molar-refractivity contribution in [1.82, 2.24) is 4.98 Å². The van der Waals surface area contributed by atoms with Crippen molar-refractivity contribution in [3.8, 4) is 0 Å². The predicted molar refractivity (Wildman–Crippen MR) is 113 cm³/mol. The highest BCUT2D eigenvalue weighted by atomic mass is 32.1. The van der Waals surface area contributed by atoms with Crippen molar-refractivity contribution >= 4 is 55.0 Å². The van der Waals surface area contributed by atoms with Crippen molar-refractivity contribution in [2.75, 3.05) is 16.8 Å². The summed E-state index contributed by atoms with van der Waals surface area (Å²) in [5.41, 5.74) is 2.28. The molecule has 1 aromatic heterocycles. The molecule has 2 heterocycles. The lowest BCUT2D eigenvalue weighted by Crippen LogP contribution is -2.23. The van der Waals surface area contributed by atoms with Crippen molar-refractivity contribution in [3.05, 3.63) is 66.2 Å². The van der Waals surface area contributed by atoms with Gasteiger partial charge in [-0.15, -0.1) is 0 Å². The zero-order valence-corrected chi connectivity index (χ0v) is 15.8. The molecule has 1 fully saturated rings. The molecule has 138 valence electrons. The van der Waals surface area contributed by atoms with Gasteiger partial charge in [0.1, 0.15) is 0 Å². The number of anilines is 2. The molecule has 4 aromatic rings. The van der Waals surface area contributed by atoms with Gasteiger partial charge >= 0.3 is 0 Å². The summed E-state index contributed by atoms with van der Waals surface area (Å²) < 4.78 is 1.04. The van der Waals surface area contributed by atoms with Gasteiger partial charge in [-0.1, -0.05) is 41.7 Å². The van der Waals surface area contributed by atoms with Gasteiger partial charge in [0.05, 0.1) is 10.2 Å². The molecule has 0 spiro atoms. The summed E-state index contributed by atoms with van der Waals surface area (Å²) in [5.74, 6) is -0.0680. The highest BCUT2D eigenvalue weighted by Gasteiger charge is 2.21. The topological polar surface area (TPSA) is 62.3 Å². The fourth-order valence-corrected chi connectivity index (χ4v) is 4.48. The van der Waals surface area contributed by atoms with Crippen LogP contribution in [0.1, 0.15) is 23.2 Å². The Morgan fingerprint density at radius 1 is 1.04 bits per heavy atom. The first kappa shape index (κ1) is 16.9. The molecule has 0 aliphatic carbocycles. The van der Waals surface area contributed by atoms with E-state index in [-0.39, 0.29) is 11.8 Å². The third-order valence-corrected chi connectivity index (χ3v) is 5.95. The molecule has 1 aliphatic heterocycles. The highest BCUT2D eigenvalue weighted by Crippen LogP contribution is 2.32. The minimum Gasteiger partial charge on any atom is -0.312 e. The molecule has 1 N–H and O–H groups in total. The molecule has 1 aliphatic rings. The summed E-state index contributed by atoms with van der Waals surface area (Å²) in [6, 6.07) is 19.3. The highest BCUT2D eigenvalue weighted by molar-refractivity contribution is 7.22. The Balaban J connectivity index is 1.39. The largest absolute Gasteiger partial charge is 0.312 e. The number of thiazole rings is 1. The van der Waals surface area contributed by atoms with E-state index in [0.717, 1.165) is 39.6 Å². The van der Waals surface area contributed by atoms with Gasteiger partial charge < -0.3 is 4.90 Å². The number of amides is 2. The summed E-state index contributed by atoms with van der Waals surface area (Å²) >= 11 is 1.46. The van der Waals surface area contributed by atoms with Gasteiger partial charge in [0.25, 0.3) is 5.91 Å². The molecule has 6 heteroatoms. The van der Waals surface area contributed by atoms with Crippen LogP contribution in [-0.4, -0.2) is 23.3 Å². The van der Waals surface area contributed by atoms with Crippen molar-refractivity contribution in [1.29, 1.82) is 0 Å².